The van der Waals surface area contributed by atoms with Crippen LogP contribution in [0.4, 0.5) is 8.78 Å². The summed E-state index contributed by atoms with van der Waals surface area (Å²) < 4.78 is 27.8. The van der Waals surface area contributed by atoms with Crippen molar-refractivity contribution in [2.75, 3.05) is 0 Å². The van der Waals surface area contributed by atoms with Gasteiger partial charge in [0, 0.05) is 11.5 Å². The molecule has 0 amide bonds. The van der Waals surface area contributed by atoms with Crippen LogP contribution in [0.25, 0.3) is 45.5 Å². The van der Waals surface area contributed by atoms with Gasteiger partial charge in [0.1, 0.15) is 17.5 Å². The highest BCUT2D eigenvalue weighted by Gasteiger charge is 2.15. The van der Waals surface area contributed by atoms with E-state index in [1.165, 1.54) is 18.2 Å². The van der Waals surface area contributed by atoms with Crippen LogP contribution in [0.3, 0.4) is 0 Å². The van der Waals surface area contributed by atoms with Crippen LogP contribution < -0.4 is 0 Å². The third-order valence-electron chi connectivity index (χ3n) is 4.76. The lowest BCUT2D eigenvalue weighted by Crippen LogP contribution is -1.87. The normalized spacial score (nSPS) is 11.9. The fraction of sp³-hybridized carbons (Fsp3) is 0. The quantitative estimate of drug-likeness (QED) is 0.321. The first-order valence-corrected chi connectivity index (χ1v) is 9.70. The molecule has 2 heterocycles. The molecule has 2 aromatic heterocycles. The van der Waals surface area contributed by atoms with E-state index in [9.17, 15) is 8.78 Å². The smallest absolute Gasteiger partial charge is 0.141 e. The van der Waals surface area contributed by atoms with Crippen molar-refractivity contribution in [1.29, 1.82) is 0 Å². The van der Waals surface area contributed by atoms with Gasteiger partial charge in [0.15, 0.2) is 0 Å². The number of imidazole rings is 1. The molecule has 0 unspecified atom stereocenters. The van der Waals surface area contributed by atoms with Crippen LogP contribution in [0, 0.1) is 11.6 Å². The minimum atomic E-state index is -0.448. The molecule has 0 radical (unpaired) electrons. The van der Waals surface area contributed by atoms with Crippen LogP contribution in [0.5, 0.6) is 0 Å². The number of aromatic nitrogens is 4. The third-order valence-corrected chi connectivity index (χ3v) is 5.48. The van der Waals surface area contributed by atoms with E-state index in [0.717, 1.165) is 10.9 Å². The van der Waals surface area contributed by atoms with Gasteiger partial charge in [-0.25, -0.2) is 13.8 Å². The molecule has 148 valence electrons. The highest BCUT2D eigenvalue weighted by atomic mass is 35.5. The Morgan fingerprint density at radius 2 is 1.63 bits per heavy atom. The zero-order valence-corrected chi connectivity index (χ0v) is 16.7. The molecule has 0 aliphatic carbocycles. The van der Waals surface area contributed by atoms with Crippen LogP contribution in [0.1, 0.15) is 11.3 Å². The van der Waals surface area contributed by atoms with Gasteiger partial charge >= 0.3 is 0 Å². The van der Waals surface area contributed by atoms with Crippen molar-refractivity contribution in [3.8, 4) is 11.4 Å². The second-order valence-electron chi connectivity index (χ2n) is 6.74. The van der Waals surface area contributed by atoms with Crippen molar-refractivity contribution in [3.05, 3.63) is 81.5 Å². The van der Waals surface area contributed by atoms with Crippen molar-refractivity contribution in [2.24, 2.45) is 0 Å². The molecular formula is C22H12Cl2F2N4. The fourth-order valence-electron chi connectivity index (χ4n) is 3.25. The maximum atomic E-state index is 14.8. The first-order chi connectivity index (χ1) is 14.5. The van der Waals surface area contributed by atoms with Gasteiger partial charge in [0.05, 0.1) is 37.9 Å². The van der Waals surface area contributed by atoms with E-state index >= 15 is 0 Å². The summed E-state index contributed by atoms with van der Waals surface area (Å²) >= 11 is 12.1. The number of hydrogen-bond acceptors (Lipinski definition) is 2. The number of benzene rings is 3. The minimum absolute atomic E-state index is 0.295. The summed E-state index contributed by atoms with van der Waals surface area (Å²) in [5.74, 6) is -0.389. The third kappa shape index (κ3) is 3.34. The molecule has 2 N–H and O–H groups in total. The molecule has 3 aromatic carbocycles. The minimum Gasteiger partial charge on any atom is -0.338 e. The van der Waals surface area contributed by atoms with Crippen molar-refractivity contribution in [2.45, 2.75) is 0 Å². The van der Waals surface area contributed by atoms with E-state index in [1.807, 2.05) is 6.08 Å². The van der Waals surface area contributed by atoms with Crippen LogP contribution in [-0.2, 0) is 0 Å². The van der Waals surface area contributed by atoms with Crippen molar-refractivity contribution in [1.82, 2.24) is 20.2 Å². The van der Waals surface area contributed by atoms with E-state index in [2.05, 4.69) is 20.2 Å². The number of aromatic amines is 2. The van der Waals surface area contributed by atoms with Gasteiger partial charge in [-0.3, -0.25) is 5.10 Å². The monoisotopic (exact) mass is 440 g/mol. The number of nitrogens with zero attached hydrogens (tertiary/aromatic N) is 2. The van der Waals surface area contributed by atoms with Gasteiger partial charge in [0.25, 0.3) is 0 Å². The number of hydrogen-bond donors (Lipinski definition) is 2. The number of rotatable bonds is 3. The first kappa shape index (κ1) is 18.8. The zero-order valence-electron chi connectivity index (χ0n) is 15.2. The molecule has 5 rings (SSSR count). The fourth-order valence-corrected chi connectivity index (χ4v) is 3.57. The summed E-state index contributed by atoms with van der Waals surface area (Å²) in [6.07, 6.45) is 3.59. The Hall–Kier alpha value is -3.22. The van der Waals surface area contributed by atoms with E-state index < -0.39 is 5.82 Å². The average molecular weight is 441 g/mol. The Bertz CT molecular complexity index is 1400. The number of halogens is 4. The molecular weight excluding hydrogens is 429 g/mol. The number of nitrogens with one attached hydrogen (secondary N) is 2. The van der Waals surface area contributed by atoms with E-state index in [4.69, 9.17) is 23.2 Å². The van der Waals surface area contributed by atoms with Gasteiger partial charge in [-0.05, 0) is 42.0 Å². The van der Waals surface area contributed by atoms with Crippen LogP contribution in [-0.4, -0.2) is 20.2 Å². The first-order valence-electron chi connectivity index (χ1n) is 8.94. The van der Waals surface area contributed by atoms with Crippen LogP contribution in [0.2, 0.25) is 10.0 Å². The van der Waals surface area contributed by atoms with E-state index in [-0.39, 0.29) is 5.82 Å². The molecule has 0 fully saturated rings. The van der Waals surface area contributed by atoms with Gasteiger partial charge in [-0.1, -0.05) is 41.4 Å². The van der Waals surface area contributed by atoms with Gasteiger partial charge < -0.3 is 4.98 Å². The molecule has 0 saturated heterocycles. The molecule has 30 heavy (non-hydrogen) atoms. The largest absolute Gasteiger partial charge is 0.338 e. The molecule has 0 atom stereocenters. The molecule has 5 aromatic rings. The molecule has 0 spiro atoms. The molecule has 0 aliphatic rings. The summed E-state index contributed by atoms with van der Waals surface area (Å²) in [6.45, 7) is 0. The SMILES string of the molecule is Fc1ccc(C=Cc2n[nH]c3cc(F)c(-c4nc5cc(Cl)c(Cl)cc5[nH]4)cc23)cc1. The standard InChI is InChI=1S/C22H12Cl2F2N4/c23-15-8-20-21(9-16(15)24)28-22(27-20)13-7-14-18(29-30-19(14)10-17(13)26)6-3-11-1-4-12(25)5-2-11/h1-10H,(H,27,28)(H,29,30). The lowest BCUT2D eigenvalue weighted by atomic mass is 10.1. The Morgan fingerprint density at radius 1 is 0.867 bits per heavy atom. The maximum absolute atomic E-state index is 14.8. The van der Waals surface area contributed by atoms with Crippen molar-refractivity contribution >= 4 is 57.3 Å². The summed E-state index contributed by atoms with van der Waals surface area (Å²) in [7, 11) is 0. The maximum Gasteiger partial charge on any atom is 0.141 e. The Balaban J connectivity index is 1.59. The highest BCUT2D eigenvalue weighted by molar-refractivity contribution is 6.42. The average Bonchev–Trinajstić information content (AvgIpc) is 3.30. The Morgan fingerprint density at radius 3 is 2.43 bits per heavy atom. The second-order valence-corrected chi connectivity index (χ2v) is 7.55. The lowest BCUT2D eigenvalue weighted by Gasteiger charge is -2.00. The molecule has 0 aliphatic heterocycles. The number of fused-ring (bicyclic) bond motifs is 2. The lowest BCUT2D eigenvalue weighted by molar-refractivity contribution is 0.627. The molecule has 0 saturated carbocycles. The second kappa shape index (κ2) is 7.23. The summed E-state index contributed by atoms with van der Waals surface area (Å²) in [5.41, 5.74) is 3.53. The summed E-state index contributed by atoms with van der Waals surface area (Å²) in [5, 5.41) is 8.57. The summed E-state index contributed by atoms with van der Waals surface area (Å²) in [4.78, 5) is 7.53. The highest BCUT2D eigenvalue weighted by Crippen LogP contribution is 2.32. The zero-order chi connectivity index (χ0) is 20.8. The van der Waals surface area contributed by atoms with E-state index in [1.54, 1.807) is 36.4 Å². The van der Waals surface area contributed by atoms with Gasteiger partial charge in [0.2, 0.25) is 0 Å². The predicted octanol–water partition coefficient (Wildman–Crippen LogP) is 6.86. The molecule has 8 heteroatoms. The van der Waals surface area contributed by atoms with Crippen LogP contribution >= 0.6 is 23.2 Å². The molecule has 4 nitrogen and oxygen atoms in total. The van der Waals surface area contributed by atoms with Gasteiger partial charge in [-0.15, -0.1) is 0 Å². The van der Waals surface area contributed by atoms with Crippen LogP contribution in [0.15, 0.2) is 48.5 Å². The van der Waals surface area contributed by atoms with Gasteiger partial charge in [-0.2, -0.15) is 5.10 Å². The topological polar surface area (TPSA) is 57.4 Å². The number of H-pyrrole nitrogens is 2. The van der Waals surface area contributed by atoms with E-state index in [0.29, 0.717) is 43.7 Å². The van der Waals surface area contributed by atoms with Crippen molar-refractivity contribution in [3.63, 3.8) is 0 Å². The Kier molecular flexibility index (Phi) is 4.53. The molecule has 0 bridgehead atoms. The predicted molar refractivity (Wildman–Crippen MR) is 116 cm³/mol. The Labute approximate surface area is 179 Å². The summed E-state index contributed by atoms with van der Waals surface area (Å²) in [6, 6.07) is 12.4. The van der Waals surface area contributed by atoms with Crippen molar-refractivity contribution < 1.29 is 8.78 Å².